The molecule has 4 amide bonds. The van der Waals surface area contributed by atoms with E-state index in [-0.39, 0.29) is 23.0 Å². The van der Waals surface area contributed by atoms with Crippen LogP contribution in [0.3, 0.4) is 0 Å². The SMILES string of the molecule is O=C1NC(=O)N(c2ccccc2)C(=O)/C1=C/c1cc(Cl)cc(Cl)c1OCc1ccccc1. The maximum Gasteiger partial charge on any atom is 0.335 e. The Balaban J connectivity index is 1.72. The van der Waals surface area contributed by atoms with Crippen LogP contribution in [-0.2, 0) is 16.2 Å². The van der Waals surface area contributed by atoms with Crippen molar-refractivity contribution in [1.82, 2.24) is 5.32 Å². The molecule has 160 valence electrons. The Morgan fingerprint density at radius 1 is 0.906 bits per heavy atom. The van der Waals surface area contributed by atoms with Crippen LogP contribution in [-0.4, -0.2) is 17.8 Å². The van der Waals surface area contributed by atoms with Crippen LogP contribution in [0.4, 0.5) is 10.5 Å². The number of para-hydroxylation sites is 1. The van der Waals surface area contributed by atoms with E-state index in [1.807, 2.05) is 30.3 Å². The van der Waals surface area contributed by atoms with Crippen molar-refractivity contribution in [2.24, 2.45) is 0 Å². The molecular formula is C24H16Cl2N2O4. The zero-order valence-corrected chi connectivity index (χ0v) is 18.1. The molecule has 1 N–H and O–H groups in total. The molecule has 3 aromatic rings. The molecule has 4 rings (SSSR count). The minimum atomic E-state index is -0.826. The van der Waals surface area contributed by atoms with Crippen LogP contribution < -0.4 is 15.0 Å². The van der Waals surface area contributed by atoms with Crippen molar-refractivity contribution in [2.45, 2.75) is 6.61 Å². The summed E-state index contributed by atoms with van der Waals surface area (Å²) in [5.41, 5.74) is 1.32. The summed E-state index contributed by atoms with van der Waals surface area (Å²) < 4.78 is 5.89. The summed E-state index contributed by atoms with van der Waals surface area (Å²) in [6, 6.07) is 20.0. The highest BCUT2D eigenvalue weighted by Crippen LogP contribution is 2.35. The van der Waals surface area contributed by atoms with Crippen molar-refractivity contribution in [3.05, 3.63) is 99.5 Å². The van der Waals surface area contributed by atoms with Crippen LogP contribution in [0.5, 0.6) is 5.75 Å². The zero-order chi connectivity index (χ0) is 22.7. The summed E-state index contributed by atoms with van der Waals surface area (Å²) >= 11 is 12.5. The highest BCUT2D eigenvalue weighted by Gasteiger charge is 2.37. The summed E-state index contributed by atoms with van der Waals surface area (Å²) in [6.07, 6.45) is 1.32. The number of amides is 4. The topological polar surface area (TPSA) is 75.7 Å². The van der Waals surface area contributed by atoms with E-state index in [4.69, 9.17) is 27.9 Å². The van der Waals surface area contributed by atoms with Crippen molar-refractivity contribution < 1.29 is 19.1 Å². The minimum absolute atomic E-state index is 0.215. The molecule has 0 radical (unpaired) electrons. The monoisotopic (exact) mass is 466 g/mol. The predicted molar refractivity (Wildman–Crippen MR) is 123 cm³/mol. The lowest BCUT2D eigenvalue weighted by Crippen LogP contribution is -2.54. The number of imide groups is 2. The second kappa shape index (κ2) is 9.26. The van der Waals surface area contributed by atoms with Gasteiger partial charge >= 0.3 is 6.03 Å². The number of nitrogens with zero attached hydrogens (tertiary/aromatic N) is 1. The molecule has 1 heterocycles. The van der Waals surface area contributed by atoms with Gasteiger partial charge in [-0.2, -0.15) is 0 Å². The largest absolute Gasteiger partial charge is 0.487 e. The van der Waals surface area contributed by atoms with Crippen LogP contribution >= 0.6 is 23.2 Å². The average Bonchev–Trinajstić information content (AvgIpc) is 2.77. The summed E-state index contributed by atoms with van der Waals surface area (Å²) in [5.74, 6) is -1.33. The molecule has 0 spiro atoms. The van der Waals surface area contributed by atoms with Gasteiger partial charge in [-0.3, -0.25) is 14.9 Å². The molecule has 1 fully saturated rings. The Bertz CT molecular complexity index is 1230. The van der Waals surface area contributed by atoms with Crippen molar-refractivity contribution in [2.75, 3.05) is 4.90 Å². The van der Waals surface area contributed by atoms with E-state index < -0.39 is 17.8 Å². The molecule has 6 nitrogen and oxygen atoms in total. The standard InChI is InChI=1S/C24H16Cl2N2O4/c25-17-11-16(21(20(26)13-17)32-14-15-7-3-1-4-8-15)12-19-22(29)27-24(31)28(23(19)30)18-9-5-2-6-10-18/h1-13H,14H2,(H,27,29,31)/b19-12+. The first kappa shape index (κ1) is 21.6. The normalized spacial score (nSPS) is 15.1. The number of carbonyl (C=O) groups excluding carboxylic acids is 3. The first-order valence-electron chi connectivity index (χ1n) is 9.56. The number of rotatable bonds is 5. The number of hydrogen-bond acceptors (Lipinski definition) is 4. The number of barbiturate groups is 1. The fourth-order valence-corrected chi connectivity index (χ4v) is 3.76. The van der Waals surface area contributed by atoms with Gasteiger partial charge in [-0.05, 0) is 35.9 Å². The van der Waals surface area contributed by atoms with Gasteiger partial charge in [-0.25, -0.2) is 9.69 Å². The van der Waals surface area contributed by atoms with Crippen molar-refractivity contribution >= 4 is 52.8 Å². The average molecular weight is 467 g/mol. The molecule has 3 aromatic carbocycles. The van der Waals surface area contributed by atoms with Gasteiger partial charge in [0.05, 0.1) is 10.7 Å². The lowest BCUT2D eigenvalue weighted by molar-refractivity contribution is -0.122. The van der Waals surface area contributed by atoms with E-state index in [9.17, 15) is 14.4 Å². The summed E-state index contributed by atoms with van der Waals surface area (Å²) in [6.45, 7) is 0.215. The quantitative estimate of drug-likeness (QED) is 0.412. The van der Waals surface area contributed by atoms with Crippen LogP contribution in [0.1, 0.15) is 11.1 Å². The molecule has 8 heteroatoms. The third-order valence-electron chi connectivity index (χ3n) is 4.68. The molecule has 0 aromatic heterocycles. The molecule has 0 atom stereocenters. The molecule has 1 aliphatic heterocycles. The number of halogens is 2. The fraction of sp³-hybridized carbons (Fsp3) is 0.0417. The highest BCUT2D eigenvalue weighted by atomic mass is 35.5. The van der Waals surface area contributed by atoms with E-state index in [0.717, 1.165) is 10.5 Å². The Kier molecular flexibility index (Phi) is 6.25. The molecule has 32 heavy (non-hydrogen) atoms. The number of carbonyl (C=O) groups is 3. The van der Waals surface area contributed by atoms with Gasteiger partial charge in [-0.15, -0.1) is 0 Å². The second-order valence-corrected chi connectivity index (χ2v) is 7.72. The molecule has 0 saturated carbocycles. The first-order valence-corrected chi connectivity index (χ1v) is 10.3. The fourth-order valence-electron chi connectivity index (χ4n) is 3.19. The molecule has 1 saturated heterocycles. The molecule has 1 aliphatic rings. The van der Waals surface area contributed by atoms with Gasteiger partial charge in [0.25, 0.3) is 11.8 Å². The number of hydrogen-bond donors (Lipinski definition) is 1. The smallest absolute Gasteiger partial charge is 0.335 e. The van der Waals surface area contributed by atoms with E-state index in [0.29, 0.717) is 16.3 Å². The molecule has 0 unspecified atom stereocenters. The summed E-state index contributed by atoms with van der Waals surface area (Å²) in [7, 11) is 0. The molecule has 0 bridgehead atoms. The van der Waals surface area contributed by atoms with Gasteiger partial charge in [0.15, 0.2) is 0 Å². The maximum atomic E-state index is 13.1. The highest BCUT2D eigenvalue weighted by molar-refractivity contribution is 6.40. The van der Waals surface area contributed by atoms with Gasteiger partial charge < -0.3 is 4.74 Å². The lowest BCUT2D eigenvalue weighted by Gasteiger charge is -2.26. The third-order valence-corrected chi connectivity index (χ3v) is 5.18. The second-order valence-electron chi connectivity index (χ2n) is 6.87. The molecule has 0 aliphatic carbocycles. The Morgan fingerprint density at radius 3 is 2.25 bits per heavy atom. The lowest BCUT2D eigenvalue weighted by atomic mass is 10.1. The van der Waals surface area contributed by atoms with E-state index >= 15 is 0 Å². The minimum Gasteiger partial charge on any atom is -0.487 e. The summed E-state index contributed by atoms with van der Waals surface area (Å²) in [4.78, 5) is 38.8. The van der Waals surface area contributed by atoms with Crippen molar-refractivity contribution in [1.29, 1.82) is 0 Å². The van der Waals surface area contributed by atoms with Crippen LogP contribution in [0.25, 0.3) is 6.08 Å². The number of benzene rings is 3. The number of nitrogens with one attached hydrogen (secondary N) is 1. The maximum absolute atomic E-state index is 13.1. The van der Waals surface area contributed by atoms with Crippen LogP contribution in [0.15, 0.2) is 78.4 Å². The predicted octanol–water partition coefficient (Wildman–Crippen LogP) is 5.24. The van der Waals surface area contributed by atoms with E-state index in [1.165, 1.54) is 18.2 Å². The number of anilines is 1. The Morgan fingerprint density at radius 2 is 1.56 bits per heavy atom. The third kappa shape index (κ3) is 4.51. The first-order chi connectivity index (χ1) is 15.4. The zero-order valence-electron chi connectivity index (χ0n) is 16.5. The number of ether oxygens (including phenoxy) is 1. The van der Waals surface area contributed by atoms with Crippen molar-refractivity contribution in [3.8, 4) is 5.75 Å². The van der Waals surface area contributed by atoms with Gasteiger partial charge in [0.2, 0.25) is 0 Å². The Labute approximate surface area is 194 Å². The van der Waals surface area contributed by atoms with Crippen LogP contribution in [0.2, 0.25) is 10.0 Å². The van der Waals surface area contributed by atoms with Crippen LogP contribution in [0, 0.1) is 0 Å². The van der Waals surface area contributed by atoms with E-state index in [1.54, 1.807) is 30.3 Å². The van der Waals surface area contributed by atoms with Gasteiger partial charge in [0, 0.05) is 10.6 Å². The van der Waals surface area contributed by atoms with E-state index in [2.05, 4.69) is 5.32 Å². The van der Waals surface area contributed by atoms with Gasteiger partial charge in [0.1, 0.15) is 17.9 Å². The van der Waals surface area contributed by atoms with Crippen molar-refractivity contribution in [3.63, 3.8) is 0 Å². The van der Waals surface area contributed by atoms with Gasteiger partial charge in [-0.1, -0.05) is 71.7 Å². The number of urea groups is 1. The summed E-state index contributed by atoms with van der Waals surface area (Å²) in [5, 5.41) is 2.71. The molecular weight excluding hydrogens is 451 g/mol. The Hall–Kier alpha value is -3.61.